The molecular weight excluding hydrogens is 130 g/mol. The number of hydrogen-bond donors (Lipinski definition) is 0. The predicted octanol–water partition coefficient (Wildman–Crippen LogP) is 1.20. The van der Waals surface area contributed by atoms with E-state index in [0.717, 1.165) is 6.04 Å². The van der Waals surface area contributed by atoms with Crippen molar-refractivity contribution in [1.82, 2.24) is 4.90 Å². The molecule has 0 bridgehead atoms. The summed E-state index contributed by atoms with van der Waals surface area (Å²) in [7, 11) is 0. The second-order valence-electron chi connectivity index (χ2n) is 2.88. The SMILES string of the molecule is C1CC2CCN2CCS1. The molecule has 0 saturated carbocycles. The van der Waals surface area contributed by atoms with Crippen LogP contribution in [-0.4, -0.2) is 35.5 Å². The fourth-order valence-corrected chi connectivity index (χ4v) is 2.63. The van der Waals surface area contributed by atoms with Gasteiger partial charge in [-0.15, -0.1) is 0 Å². The average molecular weight is 143 g/mol. The molecule has 9 heavy (non-hydrogen) atoms. The maximum atomic E-state index is 2.62. The first kappa shape index (κ1) is 6.05. The Kier molecular flexibility index (Phi) is 1.68. The van der Waals surface area contributed by atoms with E-state index in [1.165, 1.54) is 37.4 Å². The van der Waals surface area contributed by atoms with Crippen LogP contribution in [0, 0.1) is 0 Å². The second-order valence-corrected chi connectivity index (χ2v) is 4.10. The van der Waals surface area contributed by atoms with Crippen LogP contribution in [0.1, 0.15) is 12.8 Å². The quantitative estimate of drug-likeness (QED) is 0.501. The highest BCUT2D eigenvalue weighted by atomic mass is 32.2. The number of hydrogen-bond acceptors (Lipinski definition) is 2. The van der Waals surface area contributed by atoms with E-state index in [1.807, 2.05) is 0 Å². The maximum absolute atomic E-state index is 2.62. The van der Waals surface area contributed by atoms with Crippen LogP contribution in [0.5, 0.6) is 0 Å². The van der Waals surface area contributed by atoms with E-state index in [1.54, 1.807) is 0 Å². The maximum Gasteiger partial charge on any atom is 0.0116 e. The monoisotopic (exact) mass is 143 g/mol. The van der Waals surface area contributed by atoms with Crippen molar-refractivity contribution < 1.29 is 0 Å². The molecule has 2 fully saturated rings. The Morgan fingerprint density at radius 3 is 2.89 bits per heavy atom. The van der Waals surface area contributed by atoms with E-state index in [-0.39, 0.29) is 0 Å². The number of fused-ring (bicyclic) bond motifs is 1. The molecule has 0 radical (unpaired) electrons. The van der Waals surface area contributed by atoms with Crippen LogP contribution in [-0.2, 0) is 0 Å². The zero-order chi connectivity index (χ0) is 6.10. The Balaban J connectivity index is 1.90. The van der Waals surface area contributed by atoms with Crippen LogP contribution < -0.4 is 0 Å². The lowest BCUT2D eigenvalue weighted by Crippen LogP contribution is -2.47. The van der Waals surface area contributed by atoms with Crippen LogP contribution in [0.2, 0.25) is 0 Å². The Morgan fingerprint density at radius 1 is 1.11 bits per heavy atom. The molecule has 0 N–H and O–H groups in total. The number of thioether (sulfide) groups is 1. The highest BCUT2D eigenvalue weighted by Crippen LogP contribution is 2.25. The van der Waals surface area contributed by atoms with Gasteiger partial charge >= 0.3 is 0 Å². The van der Waals surface area contributed by atoms with Gasteiger partial charge in [0.1, 0.15) is 0 Å². The molecule has 1 nitrogen and oxygen atoms in total. The molecule has 0 aliphatic carbocycles. The van der Waals surface area contributed by atoms with Gasteiger partial charge in [-0.25, -0.2) is 0 Å². The smallest absolute Gasteiger partial charge is 0.0116 e. The van der Waals surface area contributed by atoms with Crippen molar-refractivity contribution in [3.63, 3.8) is 0 Å². The summed E-state index contributed by atoms with van der Waals surface area (Å²) in [4.78, 5) is 2.62. The molecule has 0 aromatic rings. The van der Waals surface area contributed by atoms with Gasteiger partial charge in [0.2, 0.25) is 0 Å². The summed E-state index contributed by atoms with van der Waals surface area (Å²) >= 11 is 2.12. The Hall–Kier alpha value is 0.310. The van der Waals surface area contributed by atoms with Crippen LogP contribution in [0.4, 0.5) is 0 Å². The molecule has 1 unspecified atom stereocenters. The third-order valence-electron chi connectivity index (χ3n) is 2.38. The minimum absolute atomic E-state index is 0.986. The minimum Gasteiger partial charge on any atom is -0.299 e. The minimum atomic E-state index is 0.986. The Labute approximate surface area is 60.8 Å². The molecule has 2 rings (SSSR count). The standard InChI is InChI=1S/C7H13NS/c1-3-8-4-6-9-5-2-7(1)8/h7H,1-6H2. The Bertz CT molecular complexity index is 93.1. The first-order chi connectivity index (χ1) is 4.47. The van der Waals surface area contributed by atoms with Crippen LogP contribution in [0.15, 0.2) is 0 Å². The van der Waals surface area contributed by atoms with Crippen LogP contribution in [0.3, 0.4) is 0 Å². The zero-order valence-corrected chi connectivity index (χ0v) is 6.49. The van der Waals surface area contributed by atoms with Crippen molar-refractivity contribution in [1.29, 1.82) is 0 Å². The summed E-state index contributed by atoms with van der Waals surface area (Å²) in [6, 6.07) is 0.986. The van der Waals surface area contributed by atoms with E-state index < -0.39 is 0 Å². The summed E-state index contributed by atoms with van der Waals surface area (Å²) in [6.07, 6.45) is 2.92. The van der Waals surface area contributed by atoms with Gasteiger partial charge < -0.3 is 0 Å². The lowest BCUT2D eigenvalue weighted by molar-refractivity contribution is 0.1000. The lowest BCUT2D eigenvalue weighted by atomic mass is 10.0. The summed E-state index contributed by atoms with van der Waals surface area (Å²) in [5, 5.41) is 0. The molecule has 0 aromatic carbocycles. The molecule has 2 saturated heterocycles. The molecule has 1 atom stereocenters. The highest BCUT2D eigenvalue weighted by molar-refractivity contribution is 7.99. The zero-order valence-electron chi connectivity index (χ0n) is 5.68. The average Bonchev–Trinajstić information content (AvgIpc) is 1.94. The van der Waals surface area contributed by atoms with Crippen molar-refractivity contribution in [3.05, 3.63) is 0 Å². The third-order valence-corrected chi connectivity index (χ3v) is 3.38. The predicted molar refractivity (Wildman–Crippen MR) is 41.9 cm³/mol. The van der Waals surface area contributed by atoms with Gasteiger partial charge in [-0.1, -0.05) is 0 Å². The molecule has 52 valence electrons. The largest absolute Gasteiger partial charge is 0.299 e. The Morgan fingerprint density at radius 2 is 2.11 bits per heavy atom. The van der Waals surface area contributed by atoms with E-state index in [4.69, 9.17) is 0 Å². The lowest BCUT2D eigenvalue weighted by Gasteiger charge is -2.39. The van der Waals surface area contributed by atoms with Gasteiger partial charge in [0, 0.05) is 18.3 Å². The third kappa shape index (κ3) is 1.10. The normalized spacial score (nSPS) is 36.7. The van der Waals surface area contributed by atoms with Crippen molar-refractivity contribution in [2.24, 2.45) is 0 Å². The van der Waals surface area contributed by atoms with E-state index >= 15 is 0 Å². The topological polar surface area (TPSA) is 3.24 Å². The fraction of sp³-hybridized carbons (Fsp3) is 1.00. The summed E-state index contributed by atoms with van der Waals surface area (Å²) in [5.41, 5.74) is 0. The molecule has 2 heterocycles. The number of nitrogens with zero attached hydrogens (tertiary/aromatic N) is 1. The fourth-order valence-electron chi connectivity index (χ4n) is 1.62. The van der Waals surface area contributed by atoms with E-state index in [2.05, 4.69) is 16.7 Å². The number of rotatable bonds is 0. The van der Waals surface area contributed by atoms with Crippen molar-refractivity contribution >= 4 is 11.8 Å². The highest BCUT2D eigenvalue weighted by Gasteiger charge is 2.28. The van der Waals surface area contributed by atoms with Crippen molar-refractivity contribution in [2.45, 2.75) is 18.9 Å². The molecule has 0 amide bonds. The first-order valence-electron chi connectivity index (χ1n) is 3.78. The van der Waals surface area contributed by atoms with Gasteiger partial charge in [-0.05, 0) is 25.1 Å². The van der Waals surface area contributed by atoms with Gasteiger partial charge in [-0.2, -0.15) is 11.8 Å². The van der Waals surface area contributed by atoms with E-state index in [0.29, 0.717) is 0 Å². The second kappa shape index (κ2) is 2.51. The first-order valence-corrected chi connectivity index (χ1v) is 4.94. The summed E-state index contributed by atoms with van der Waals surface area (Å²) < 4.78 is 0. The molecule has 2 heteroatoms. The molecule has 2 aliphatic heterocycles. The van der Waals surface area contributed by atoms with Gasteiger partial charge in [0.25, 0.3) is 0 Å². The summed E-state index contributed by atoms with van der Waals surface area (Å²) in [5.74, 6) is 2.78. The van der Waals surface area contributed by atoms with Crippen molar-refractivity contribution in [2.75, 3.05) is 24.6 Å². The van der Waals surface area contributed by atoms with Gasteiger partial charge in [0.05, 0.1) is 0 Å². The van der Waals surface area contributed by atoms with Crippen LogP contribution in [0.25, 0.3) is 0 Å². The van der Waals surface area contributed by atoms with Gasteiger partial charge in [0.15, 0.2) is 0 Å². The molecular formula is C7H13NS. The molecule has 2 aliphatic rings. The van der Waals surface area contributed by atoms with E-state index in [9.17, 15) is 0 Å². The van der Waals surface area contributed by atoms with Crippen LogP contribution >= 0.6 is 11.8 Å². The summed E-state index contributed by atoms with van der Waals surface area (Å²) in [6.45, 7) is 2.74. The van der Waals surface area contributed by atoms with Crippen molar-refractivity contribution in [3.8, 4) is 0 Å². The molecule has 0 aromatic heterocycles. The van der Waals surface area contributed by atoms with Gasteiger partial charge in [-0.3, -0.25) is 4.90 Å². The molecule has 0 spiro atoms.